The Balaban J connectivity index is 2.57. The molecule has 0 aliphatic rings. The summed E-state index contributed by atoms with van der Waals surface area (Å²) in [6, 6.07) is 9.61. The molecule has 1 rings (SSSR count). The van der Waals surface area contributed by atoms with Crippen LogP contribution in [0.15, 0.2) is 28.7 Å². The van der Waals surface area contributed by atoms with E-state index < -0.39 is 0 Å². The van der Waals surface area contributed by atoms with Crippen molar-refractivity contribution in [2.75, 3.05) is 20.6 Å². The first-order valence-corrected chi connectivity index (χ1v) is 6.97. The highest BCUT2D eigenvalue weighted by Gasteiger charge is 2.11. The van der Waals surface area contributed by atoms with Crippen molar-refractivity contribution in [3.63, 3.8) is 0 Å². The highest BCUT2D eigenvalue weighted by molar-refractivity contribution is 9.10. The highest BCUT2D eigenvalue weighted by Crippen LogP contribution is 2.19. The number of nitrogens with one attached hydrogen (secondary N) is 1. The molecular formula is C14H23BrN2. The number of rotatable bonds is 6. The predicted molar refractivity (Wildman–Crippen MR) is 78.3 cm³/mol. The van der Waals surface area contributed by atoms with Gasteiger partial charge in [0.1, 0.15) is 0 Å². The average Bonchev–Trinajstić information content (AvgIpc) is 2.31. The van der Waals surface area contributed by atoms with Crippen LogP contribution in [0.5, 0.6) is 0 Å². The van der Waals surface area contributed by atoms with Gasteiger partial charge in [-0.3, -0.25) is 0 Å². The van der Waals surface area contributed by atoms with Gasteiger partial charge in [0.05, 0.1) is 0 Å². The molecule has 0 fully saturated rings. The van der Waals surface area contributed by atoms with Crippen molar-refractivity contribution in [1.29, 1.82) is 0 Å². The summed E-state index contributed by atoms with van der Waals surface area (Å²) in [5, 5.41) is 3.39. The van der Waals surface area contributed by atoms with Crippen LogP contribution in [0.4, 0.5) is 0 Å². The Labute approximate surface area is 114 Å². The minimum Gasteiger partial charge on any atom is -0.313 e. The quantitative estimate of drug-likeness (QED) is 0.865. The molecule has 0 aromatic heterocycles. The Bertz CT molecular complexity index is 321. The molecule has 17 heavy (non-hydrogen) atoms. The topological polar surface area (TPSA) is 15.3 Å². The minimum absolute atomic E-state index is 0.435. The molecule has 0 bridgehead atoms. The van der Waals surface area contributed by atoms with Crippen molar-refractivity contribution in [3.05, 3.63) is 34.3 Å². The molecule has 2 nitrogen and oxygen atoms in total. The van der Waals surface area contributed by atoms with E-state index in [0.29, 0.717) is 12.1 Å². The summed E-state index contributed by atoms with van der Waals surface area (Å²) < 4.78 is 1.13. The Morgan fingerprint density at radius 2 is 1.82 bits per heavy atom. The molecular weight excluding hydrogens is 276 g/mol. The van der Waals surface area contributed by atoms with Crippen molar-refractivity contribution in [2.45, 2.75) is 32.4 Å². The maximum absolute atomic E-state index is 3.47. The van der Waals surface area contributed by atoms with E-state index in [-0.39, 0.29) is 0 Å². The molecule has 0 amide bonds. The number of nitrogens with zero attached hydrogens (tertiary/aromatic N) is 1. The summed E-state index contributed by atoms with van der Waals surface area (Å²) in [5.74, 6) is 0. The normalized spacial score (nSPS) is 13.4. The Hall–Kier alpha value is -0.380. The number of benzene rings is 1. The zero-order valence-corrected chi connectivity index (χ0v) is 12.8. The standard InChI is InChI=1S/C14H23BrN2/c1-11(2)17(4)10-9-14(16-3)12-5-7-13(15)8-6-12/h5-8,11,14,16H,9-10H2,1-4H3. The molecule has 96 valence electrons. The van der Waals surface area contributed by atoms with Gasteiger partial charge >= 0.3 is 0 Å². The molecule has 0 aliphatic carbocycles. The SMILES string of the molecule is CNC(CCN(C)C(C)C)c1ccc(Br)cc1. The van der Waals surface area contributed by atoms with E-state index in [2.05, 4.69) is 71.3 Å². The van der Waals surface area contributed by atoms with Crippen LogP contribution >= 0.6 is 15.9 Å². The molecule has 0 aliphatic heterocycles. The van der Waals surface area contributed by atoms with E-state index in [1.807, 2.05) is 7.05 Å². The van der Waals surface area contributed by atoms with E-state index >= 15 is 0 Å². The van der Waals surface area contributed by atoms with Crippen LogP contribution in [0.25, 0.3) is 0 Å². The van der Waals surface area contributed by atoms with E-state index in [1.54, 1.807) is 0 Å². The molecule has 1 unspecified atom stereocenters. The van der Waals surface area contributed by atoms with E-state index in [9.17, 15) is 0 Å². The Morgan fingerprint density at radius 1 is 1.24 bits per heavy atom. The fourth-order valence-electron chi connectivity index (χ4n) is 1.76. The first-order valence-electron chi connectivity index (χ1n) is 6.17. The smallest absolute Gasteiger partial charge is 0.0329 e. The summed E-state index contributed by atoms with van der Waals surface area (Å²) in [6.07, 6.45) is 1.13. The molecule has 0 heterocycles. The van der Waals surface area contributed by atoms with Gasteiger partial charge in [0.15, 0.2) is 0 Å². The van der Waals surface area contributed by atoms with Crippen LogP contribution in [-0.4, -0.2) is 31.6 Å². The second-order valence-corrected chi connectivity index (χ2v) is 5.67. The van der Waals surface area contributed by atoms with Crippen LogP contribution in [0.3, 0.4) is 0 Å². The van der Waals surface area contributed by atoms with Crippen LogP contribution in [-0.2, 0) is 0 Å². The molecule has 0 saturated heterocycles. The zero-order valence-electron chi connectivity index (χ0n) is 11.2. The highest BCUT2D eigenvalue weighted by atomic mass is 79.9. The van der Waals surface area contributed by atoms with Gasteiger partial charge in [-0.15, -0.1) is 0 Å². The van der Waals surface area contributed by atoms with E-state index in [4.69, 9.17) is 0 Å². The maximum atomic E-state index is 3.47. The van der Waals surface area contributed by atoms with Gasteiger partial charge < -0.3 is 10.2 Å². The predicted octanol–water partition coefficient (Wildman–Crippen LogP) is 3.44. The van der Waals surface area contributed by atoms with Crippen molar-refractivity contribution in [2.24, 2.45) is 0 Å². The van der Waals surface area contributed by atoms with E-state index in [1.165, 1.54) is 5.56 Å². The third kappa shape index (κ3) is 4.78. The first kappa shape index (κ1) is 14.7. The summed E-state index contributed by atoms with van der Waals surface area (Å²) in [4.78, 5) is 2.38. The fourth-order valence-corrected chi connectivity index (χ4v) is 2.03. The van der Waals surface area contributed by atoms with Gasteiger partial charge in [0, 0.05) is 16.6 Å². The lowest BCUT2D eigenvalue weighted by Crippen LogP contribution is -2.30. The van der Waals surface area contributed by atoms with Gasteiger partial charge in [-0.05, 0) is 58.6 Å². The second kappa shape index (κ2) is 7.14. The third-order valence-corrected chi connectivity index (χ3v) is 3.80. The fraction of sp³-hybridized carbons (Fsp3) is 0.571. The summed E-state index contributed by atoms with van der Waals surface area (Å²) in [7, 11) is 4.21. The lowest BCUT2D eigenvalue weighted by Gasteiger charge is -2.24. The van der Waals surface area contributed by atoms with Crippen molar-refractivity contribution >= 4 is 15.9 Å². The molecule has 1 aromatic carbocycles. The Kier molecular flexibility index (Phi) is 6.17. The number of halogens is 1. The van der Waals surface area contributed by atoms with Gasteiger partial charge in [0.2, 0.25) is 0 Å². The van der Waals surface area contributed by atoms with Gasteiger partial charge in [-0.25, -0.2) is 0 Å². The second-order valence-electron chi connectivity index (χ2n) is 4.76. The Morgan fingerprint density at radius 3 is 2.29 bits per heavy atom. The number of hydrogen-bond acceptors (Lipinski definition) is 2. The molecule has 0 radical (unpaired) electrons. The third-order valence-electron chi connectivity index (χ3n) is 3.27. The monoisotopic (exact) mass is 298 g/mol. The summed E-state index contributed by atoms with van der Waals surface area (Å²) in [6.45, 7) is 5.57. The summed E-state index contributed by atoms with van der Waals surface area (Å²) in [5.41, 5.74) is 1.35. The molecule has 0 spiro atoms. The first-order chi connectivity index (χ1) is 8.04. The lowest BCUT2D eigenvalue weighted by molar-refractivity contribution is 0.258. The van der Waals surface area contributed by atoms with Crippen LogP contribution in [0, 0.1) is 0 Å². The largest absolute Gasteiger partial charge is 0.313 e. The van der Waals surface area contributed by atoms with Crippen molar-refractivity contribution in [1.82, 2.24) is 10.2 Å². The van der Waals surface area contributed by atoms with Gasteiger partial charge in [-0.2, -0.15) is 0 Å². The van der Waals surface area contributed by atoms with Gasteiger partial charge in [-0.1, -0.05) is 28.1 Å². The number of hydrogen-bond donors (Lipinski definition) is 1. The van der Waals surface area contributed by atoms with Crippen molar-refractivity contribution in [3.8, 4) is 0 Å². The molecule has 3 heteroatoms. The molecule has 1 N–H and O–H groups in total. The zero-order chi connectivity index (χ0) is 12.8. The molecule has 1 atom stereocenters. The summed E-state index contributed by atoms with van der Waals surface area (Å²) >= 11 is 3.47. The van der Waals surface area contributed by atoms with Crippen LogP contribution in [0.1, 0.15) is 31.9 Å². The minimum atomic E-state index is 0.435. The van der Waals surface area contributed by atoms with E-state index in [0.717, 1.165) is 17.4 Å². The van der Waals surface area contributed by atoms with Gasteiger partial charge in [0.25, 0.3) is 0 Å². The van der Waals surface area contributed by atoms with Crippen molar-refractivity contribution < 1.29 is 0 Å². The lowest BCUT2D eigenvalue weighted by atomic mass is 10.0. The van der Waals surface area contributed by atoms with Crippen LogP contribution in [0.2, 0.25) is 0 Å². The average molecular weight is 299 g/mol. The molecule has 1 aromatic rings. The van der Waals surface area contributed by atoms with Crippen LogP contribution < -0.4 is 5.32 Å². The maximum Gasteiger partial charge on any atom is 0.0329 e. The molecule has 0 saturated carbocycles.